The van der Waals surface area contributed by atoms with E-state index in [4.69, 9.17) is 22.5 Å². The first kappa shape index (κ1) is 25.9. The van der Waals surface area contributed by atoms with E-state index in [9.17, 15) is 26.4 Å². The number of rotatable bonds is 6. The van der Waals surface area contributed by atoms with Crippen molar-refractivity contribution in [2.24, 2.45) is 15.9 Å². The van der Waals surface area contributed by atoms with E-state index in [1.165, 1.54) is 60.7 Å². The maximum absolute atomic E-state index is 13.1. The highest BCUT2D eigenvalue weighted by molar-refractivity contribution is 7.89. The van der Waals surface area contributed by atoms with Crippen LogP contribution in [0.4, 0.5) is 24.5 Å². The van der Waals surface area contributed by atoms with Gasteiger partial charge in [0.2, 0.25) is 10.0 Å². The minimum absolute atomic E-state index is 0.0223. The summed E-state index contributed by atoms with van der Waals surface area (Å²) < 4.78 is 62.6. The van der Waals surface area contributed by atoms with Gasteiger partial charge in [-0.05, 0) is 42.5 Å². The lowest BCUT2D eigenvalue weighted by atomic mass is 10.1. The highest BCUT2D eigenvalue weighted by Crippen LogP contribution is 2.27. The number of nitrogens with two attached hydrogens (primary N) is 2. The minimum Gasteiger partial charge on any atom is -0.395 e. The van der Waals surface area contributed by atoms with E-state index < -0.39 is 27.8 Å². The van der Waals surface area contributed by atoms with Crippen molar-refractivity contribution >= 4 is 44.6 Å². The number of carbonyl (C=O) groups is 1. The van der Waals surface area contributed by atoms with Crippen LogP contribution in [-0.4, -0.2) is 26.2 Å². The molecule has 1 amide bonds. The SMILES string of the molecule is NC(=CC(=Nc1ccccc1Cl)c1ccc(C(=O)Nc2ccccc2S(N)(=O)=O)cc1)C(F)(F)F. The number of primary sulfonamides is 1. The van der Waals surface area contributed by atoms with Gasteiger partial charge in [-0.1, -0.05) is 48.0 Å². The molecule has 0 saturated heterocycles. The molecule has 0 atom stereocenters. The molecule has 0 aliphatic carbocycles. The lowest BCUT2D eigenvalue weighted by Gasteiger charge is -2.11. The largest absolute Gasteiger partial charge is 0.430 e. The summed E-state index contributed by atoms with van der Waals surface area (Å²) >= 11 is 6.08. The van der Waals surface area contributed by atoms with Gasteiger partial charge in [-0.2, -0.15) is 13.2 Å². The normalized spacial score (nSPS) is 12.9. The monoisotopic (exact) mass is 522 g/mol. The van der Waals surface area contributed by atoms with E-state index in [1.807, 2.05) is 0 Å². The van der Waals surface area contributed by atoms with Crippen molar-refractivity contribution in [3.8, 4) is 0 Å². The van der Waals surface area contributed by atoms with Gasteiger partial charge >= 0.3 is 6.18 Å². The third-order valence-electron chi connectivity index (χ3n) is 4.60. The molecule has 0 unspecified atom stereocenters. The summed E-state index contributed by atoms with van der Waals surface area (Å²) in [5, 5.41) is 7.84. The maximum Gasteiger partial charge on any atom is 0.430 e. The van der Waals surface area contributed by atoms with E-state index in [0.29, 0.717) is 6.08 Å². The second-order valence-electron chi connectivity index (χ2n) is 7.12. The Bertz CT molecular complexity index is 1420. The van der Waals surface area contributed by atoms with Gasteiger partial charge in [0, 0.05) is 11.1 Å². The van der Waals surface area contributed by atoms with Crippen LogP contribution in [0.5, 0.6) is 0 Å². The molecule has 0 fully saturated rings. The number of carbonyl (C=O) groups excluding carboxylic acids is 1. The summed E-state index contributed by atoms with van der Waals surface area (Å²) in [6.07, 6.45) is -4.11. The average molecular weight is 523 g/mol. The second-order valence-corrected chi connectivity index (χ2v) is 9.06. The number of halogens is 4. The molecule has 3 aromatic rings. The highest BCUT2D eigenvalue weighted by atomic mass is 35.5. The molecule has 7 nitrogen and oxygen atoms in total. The number of hydrogen-bond acceptors (Lipinski definition) is 5. The van der Waals surface area contributed by atoms with Gasteiger partial charge in [-0.3, -0.25) is 4.79 Å². The number of nitrogens with one attached hydrogen (secondary N) is 1. The van der Waals surface area contributed by atoms with E-state index in [-0.39, 0.29) is 38.1 Å². The summed E-state index contributed by atoms with van der Waals surface area (Å²) in [4.78, 5) is 16.6. The summed E-state index contributed by atoms with van der Waals surface area (Å²) in [5.41, 5.74) is 4.20. The summed E-state index contributed by atoms with van der Waals surface area (Å²) in [6, 6.07) is 17.3. The first-order chi connectivity index (χ1) is 16.4. The van der Waals surface area contributed by atoms with Gasteiger partial charge in [0.05, 0.1) is 22.1 Å². The van der Waals surface area contributed by atoms with Crippen LogP contribution in [0.2, 0.25) is 5.02 Å². The molecule has 3 aromatic carbocycles. The molecular weight excluding hydrogens is 505 g/mol. The highest BCUT2D eigenvalue weighted by Gasteiger charge is 2.31. The van der Waals surface area contributed by atoms with Crippen molar-refractivity contribution in [3.05, 3.63) is 101 Å². The third kappa shape index (κ3) is 6.69. The van der Waals surface area contributed by atoms with Crippen molar-refractivity contribution in [1.82, 2.24) is 0 Å². The zero-order chi connectivity index (χ0) is 25.8. The molecule has 0 bridgehead atoms. The number of nitrogens with zero attached hydrogens (tertiary/aromatic N) is 1. The van der Waals surface area contributed by atoms with Crippen LogP contribution >= 0.6 is 11.6 Å². The van der Waals surface area contributed by atoms with E-state index >= 15 is 0 Å². The maximum atomic E-state index is 13.1. The lowest BCUT2D eigenvalue weighted by molar-refractivity contribution is -0.0925. The fraction of sp³-hybridized carbons (Fsp3) is 0.0435. The molecule has 0 spiro atoms. The average Bonchev–Trinajstić information content (AvgIpc) is 2.79. The molecule has 12 heteroatoms. The second kappa shape index (κ2) is 10.3. The molecule has 0 heterocycles. The Morgan fingerprint density at radius 2 is 1.51 bits per heavy atom. The number of aliphatic imine (C=N–C) groups is 1. The molecule has 0 aliphatic heterocycles. The van der Waals surface area contributed by atoms with Crippen LogP contribution in [0.15, 0.2) is 94.5 Å². The predicted octanol–water partition coefficient (Wildman–Crippen LogP) is 4.77. The first-order valence-electron chi connectivity index (χ1n) is 9.77. The summed E-state index contributed by atoms with van der Waals surface area (Å²) in [5.74, 6) is -0.664. The molecule has 0 saturated carbocycles. The fourth-order valence-corrected chi connectivity index (χ4v) is 3.76. The molecule has 5 N–H and O–H groups in total. The van der Waals surface area contributed by atoms with Gasteiger partial charge in [0.25, 0.3) is 5.91 Å². The standard InChI is InChI=1S/C23H18ClF3N4O3S/c24-16-5-1-2-6-17(16)30-19(13-21(28)23(25,26)27)14-9-11-15(12-10-14)22(32)31-18-7-3-4-8-20(18)35(29,33)34/h1-13H,28H2,(H,31,32)(H2,29,33,34). The number of para-hydroxylation sites is 2. The van der Waals surface area contributed by atoms with Gasteiger partial charge < -0.3 is 11.1 Å². The third-order valence-corrected chi connectivity index (χ3v) is 5.89. The number of alkyl halides is 3. The first-order valence-corrected chi connectivity index (χ1v) is 11.7. The molecule has 0 aromatic heterocycles. The Balaban J connectivity index is 1.96. The van der Waals surface area contributed by atoms with Crippen LogP contribution in [0.3, 0.4) is 0 Å². The van der Waals surface area contributed by atoms with Crippen molar-refractivity contribution in [2.45, 2.75) is 11.1 Å². The lowest BCUT2D eigenvalue weighted by Crippen LogP contribution is -2.21. The van der Waals surface area contributed by atoms with Gasteiger partial charge in [0.1, 0.15) is 10.6 Å². The zero-order valence-corrected chi connectivity index (χ0v) is 19.3. The number of amides is 1. The van der Waals surface area contributed by atoms with Crippen LogP contribution in [0, 0.1) is 0 Å². The van der Waals surface area contributed by atoms with E-state index in [0.717, 1.165) is 0 Å². The van der Waals surface area contributed by atoms with Gasteiger partial charge in [-0.15, -0.1) is 0 Å². The van der Waals surface area contributed by atoms with Crippen molar-refractivity contribution < 1.29 is 26.4 Å². The van der Waals surface area contributed by atoms with Crippen LogP contribution in [-0.2, 0) is 10.0 Å². The quantitative estimate of drug-likeness (QED) is 0.403. The number of anilines is 1. The summed E-state index contributed by atoms with van der Waals surface area (Å²) in [7, 11) is -4.09. The molecule has 0 aliphatic rings. The minimum atomic E-state index is -4.78. The number of allylic oxidation sites excluding steroid dienone is 2. The van der Waals surface area contributed by atoms with Crippen LogP contribution in [0.1, 0.15) is 15.9 Å². The van der Waals surface area contributed by atoms with Gasteiger partial charge in [-0.25, -0.2) is 18.5 Å². The zero-order valence-electron chi connectivity index (χ0n) is 17.8. The molecule has 0 radical (unpaired) electrons. The Labute approximate surface area is 204 Å². The predicted molar refractivity (Wildman–Crippen MR) is 128 cm³/mol. The van der Waals surface area contributed by atoms with Crippen molar-refractivity contribution in [3.63, 3.8) is 0 Å². The Kier molecular flexibility index (Phi) is 7.64. The van der Waals surface area contributed by atoms with Crippen molar-refractivity contribution in [1.29, 1.82) is 0 Å². The van der Waals surface area contributed by atoms with E-state index in [2.05, 4.69) is 10.3 Å². The molecule has 35 heavy (non-hydrogen) atoms. The Morgan fingerprint density at radius 1 is 0.943 bits per heavy atom. The van der Waals surface area contributed by atoms with Gasteiger partial charge in [0.15, 0.2) is 0 Å². The smallest absolute Gasteiger partial charge is 0.395 e. The van der Waals surface area contributed by atoms with Crippen LogP contribution in [0.25, 0.3) is 0 Å². The Hall–Kier alpha value is -3.67. The van der Waals surface area contributed by atoms with Crippen LogP contribution < -0.4 is 16.2 Å². The summed E-state index contributed by atoms with van der Waals surface area (Å²) in [6.45, 7) is 0. The topological polar surface area (TPSA) is 128 Å². The number of sulfonamides is 1. The molecule has 182 valence electrons. The van der Waals surface area contributed by atoms with E-state index in [1.54, 1.807) is 12.1 Å². The number of benzene rings is 3. The fourth-order valence-electron chi connectivity index (χ4n) is 2.89. The molecule has 3 rings (SSSR count). The number of hydrogen-bond donors (Lipinski definition) is 3. The Morgan fingerprint density at radius 3 is 2.11 bits per heavy atom. The van der Waals surface area contributed by atoms with Crippen molar-refractivity contribution in [2.75, 3.05) is 5.32 Å². The molecular formula is C23H18ClF3N4O3S.